The lowest BCUT2D eigenvalue weighted by Gasteiger charge is -2.31. The molecule has 7 aromatic carbocycles. The van der Waals surface area contributed by atoms with Gasteiger partial charge in [0.2, 0.25) is 23.3 Å². The number of ether oxygens (including phenoxy) is 1. The molecule has 0 saturated heterocycles. The molecule has 23 heteroatoms. The number of halogens is 20. The van der Waals surface area contributed by atoms with E-state index in [-0.39, 0.29) is 16.5 Å². The lowest BCUT2D eigenvalue weighted by molar-refractivity contribution is 0.375. The van der Waals surface area contributed by atoms with Gasteiger partial charge in [-0.3, -0.25) is 9.80 Å². The summed E-state index contributed by atoms with van der Waals surface area (Å²) in [6.45, 7) is 0. The highest BCUT2D eigenvalue weighted by atomic mass is 19.2. The zero-order chi connectivity index (χ0) is 46.0. The van der Waals surface area contributed by atoms with Crippen LogP contribution < -0.4 is 14.5 Å². The van der Waals surface area contributed by atoms with Crippen LogP contribution in [0.5, 0.6) is 11.5 Å². The maximum absolute atomic E-state index is 15.5. The Morgan fingerprint density at radius 3 is 1.02 bits per heavy atom. The van der Waals surface area contributed by atoms with Gasteiger partial charge in [-0.05, 0) is 29.8 Å². The second kappa shape index (κ2) is 14.7. The first-order valence-electron chi connectivity index (χ1n) is 16.7. The average molecular weight is 912 g/mol. The molecule has 324 valence electrons. The number of benzene rings is 7. The highest BCUT2D eigenvalue weighted by Crippen LogP contribution is 2.54. The van der Waals surface area contributed by atoms with Gasteiger partial charge in [0, 0.05) is 22.4 Å². The van der Waals surface area contributed by atoms with Crippen LogP contribution in [-0.2, 0) is 0 Å². The molecule has 0 amide bonds. The van der Waals surface area contributed by atoms with E-state index in [1.807, 2.05) is 0 Å². The smallest absolute Gasteiger partial charge is 0.200 e. The van der Waals surface area contributed by atoms with Crippen molar-refractivity contribution in [3.63, 3.8) is 0 Å². The molecule has 0 bridgehead atoms. The van der Waals surface area contributed by atoms with E-state index in [1.165, 1.54) is 0 Å². The fourth-order valence-corrected chi connectivity index (χ4v) is 6.82. The molecule has 63 heavy (non-hydrogen) atoms. The van der Waals surface area contributed by atoms with Gasteiger partial charge in [0.1, 0.15) is 34.2 Å². The summed E-state index contributed by atoms with van der Waals surface area (Å²) < 4.78 is 302. The minimum Gasteiger partial charge on any atom is -0.456 e. The van der Waals surface area contributed by atoms with Crippen molar-refractivity contribution in [1.82, 2.24) is 0 Å². The SMILES string of the molecule is Fc1c(F)c(F)c(N(c2ccc3c(c2)Oc2cccc4c(N(c5c(F)c(F)c(F)c(F)c5F)c5c(F)c(F)c(F)c(F)c5F)ccc-3c24)c2c(F)c(F)c(F)c(F)c2F)c(F)c1F. The van der Waals surface area contributed by atoms with Crippen LogP contribution in [0.4, 0.5) is 122 Å². The minimum absolute atomic E-state index is 0.231. The molecule has 0 atom stereocenters. The second-order valence-electron chi connectivity index (χ2n) is 12.9. The molecule has 0 spiro atoms. The summed E-state index contributed by atoms with van der Waals surface area (Å²) in [6.07, 6.45) is 0. The highest BCUT2D eigenvalue weighted by Gasteiger charge is 2.40. The van der Waals surface area contributed by atoms with Crippen LogP contribution in [0.1, 0.15) is 0 Å². The van der Waals surface area contributed by atoms with Crippen LogP contribution in [0.3, 0.4) is 0 Å². The van der Waals surface area contributed by atoms with Crippen molar-refractivity contribution in [2.24, 2.45) is 0 Å². The molecule has 0 unspecified atom stereocenters. The summed E-state index contributed by atoms with van der Waals surface area (Å²) in [5.41, 5.74) is -11.9. The first kappa shape index (κ1) is 42.5. The van der Waals surface area contributed by atoms with Gasteiger partial charge in [-0.25, -0.2) is 87.8 Å². The third-order valence-electron chi connectivity index (χ3n) is 9.59. The van der Waals surface area contributed by atoms with Crippen LogP contribution in [0.25, 0.3) is 21.9 Å². The Morgan fingerprint density at radius 2 is 0.635 bits per heavy atom. The van der Waals surface area contributed by atoms with Gasteiger partial charge < -0.3 is 4.74 Å². The molecule has 1 aliphatic heterocycles. The first-order valence-corrected chi connectivity index (χ1v) is 16.7. The number of fused-ring (bicyclic) bond motifs is 2. The highest BCUT2D eigenvalue weighted by molar-refractivity contribution is 6.11. The minimum atomic E-state index is -2.82. The Morgan fingerprint density at radius 1 is 0.302 bits per heavy atom. The quantitative estimate of drug-likeness (QED) is 0.0939. The van der Waals surface area contributed by atoms with Crippen molar-refractivity contribution in [2.45, 2.75) is 0 Å². The van der Waals surface area contributed by atoms with Gasteiger partial charge in [-0.1, -0.05) is 18.2 Å². The van der Waals surface area contributed by atoms with E-state index in [2.05, 4.69) is 0 Å². The Balaban J connectivity index is 1.40. The fourth-order valence-electron chi connectivity index (χ4n) is 6.82. The van der Waals surface area contributed by atoms with Gasteiger partial charge in [0.05, 0.1) is 11.4 Å². The molecule has 0 radical (unpaired) electrons. The monoisotopic (exact) mass is 912 g/mol. The summed E-state index contributed by atoms with van der Waals surface area (Å²) >= 11 is 0. The predicted octanol–water partition coefficient (Wildman–Crippen LogP) is 14.3. The average Bonchev–Trinajstić information content (AvgIpc) is 3.27. The molecule has 1 aliphatic rings. The third-order valence-corrected chi connectivity index (χ3v) is 9.59. The fraction of sp³-hybridized carbons (Fsp3) is 0. The molecule has 0 aliphatic carbocycles. The maximum atomic E-state index is 15.5. The van der Waals surface area contributed by atoms with Crippen molar-refractivity contribution in [1.29, 1.82) is 0 Å². The van der Waals surface area contributed by atoms with E-state index in [0.717, 1.165) is 30.3 Å². The Kier molecular flexibility index (Phi) is 9.93. The lowest BCUT2D eigenvalue weighted by Crippen LogP contribution is -2.22. The molecule has 1 heterocycles. The van der Waals surface area contributed by atoms with Crippen LogP contribution in [0.2, 0.25) is 0 Å². The molecule has 0 saturated carbocycles. The van der Waals surface area contributed by atoms with Gasteiger partial charge in [0.25, 0.3) is 0 Å². The van der Waals surface area contributed by atoms with E-state index in [4.69, 9.17) is 4.74 Å². The molecular weight excluding hydrogens is 904 g/mol. The molecule has 3 nitrogen and oxygen atoms in total. The van der Waals surface area contributed by atoms with Gasteiger partial charge in [-0.2, -0.15) is 0 Å². The summed E-state index contributed by atoms with van der Waals surface area (Å²) in [5, 5.41) is -0.985. The van der Waals surface area contributed by atoms with Crippen molar-refractivity contribution >= 4 is 44.9 Å². The summed E-state index contributed by atoms with van der Waals surface area (Å²) in [5.74, 6) is -57.0. The van der Waals surface area contributed by atoms with Crippen LogP contribution in [0, 0.1) is 116 Å². The van der Waals surface area contributed by atoms with Crippen LogP contribution in [-0.4, -0.2) is 0 Å². The molecule has 0 fully saturated rings. The van der Waals surface area contributed by atoms with Crippen molar-refractivity contribution < 1.29 is 92.5 Å². The zero-order valence-corrected chi connectivity index (χ0v) is 29.5. The van der Waals surface area contributed by atoms with E-state index in [1.54, 1.807) is 0 Å². The number of hydrogen-bond donors (Lipinski definition) is 0. The summed E-state index contributed by atoms with van der Waals surface area (Å²) in [7, 11) is 0. The Bertz CT molecular complexity index is 2940. The molecule has 8 rings (SSSR count). The lowest BCUT2D eigenvalue weighted by atomic mass is 9.92. The molecule has 7 aromatic rings. The number of rotatable bonds is 6. The van der Waals surface area contributed by atoms with Gasteiger partial charge in [-0.15, -0.1) is 0 Å². The Hall–Kier alpha value is -7.20. The van der Waals surface area contributed by atoms with E-state index >= 15 is 35.1 Å². The van der Waals surface area contributed by atoms with E-state index in [9.17, 15) is 52.7 Å². The number of hydrogen-bond acceptors (Lipinski definition) is 3. The maximum Gasteiger partial charge on any atom is 0.200 e. The predicted molar refractivity (Wildman–Crippen MR) is 178 cm³/mol. The third kappa shape index (κ3) is 5.91. The number of anilines is 6. The summed E-state index contributed by atoms with van der Waals surface area (Å²) in [6, 6.07) is 6.10. The first-order chi connectivity index (χ1) is 29.6. The molecular formula is C40H8F20N2O. The van der Waals surface area contributed by atoms with Crippen molar-refractivity contribution in [3.05, 3.63) is 165 Å². The van der Waals surface area contributed by atoms with Gasteiger partial charge >= 0.3 is 0 Å². The standard InChI is InChI=1S/C40H8F20N2O/c41-17-21(45)29(53)37(30(54)22(17)46)61(38-31(55)23(47)18(42)24(48)32(38)56)9-4-5-10-11-6-7-13(12-2-1-3-14(16(11)12)63-15(10)8-9)62(39-33(57)25(49)19(43)26(50)34(39)58)40-35(59)27(51)20(44)28(52)36(40)60/h1-8H. The molecule has 0 aromatic heterocycles. The van der Waals surface area contributed by atoms with Crippen molar-refractivity contribution in [3.8, 4) is 22.6 Å². The van der Waals surface area contributed by atoms with E-state index < -0.39 is 177 Å². The number of nitrogens with zero attached hydrogens (tertiary/aromatic N) is 2. The normalized spacial score (nSPS) is 11.9. The zero-order valence-electron chi connectivity index (χ0n) is 29.5. The van der Waals surface area contributed by atoms with E-state index in [0.29, 0.717) is 18.2 Å². The van der Waals surface area contributed by atoms with Gasteiger partial charge in [0.15, 0.2) is 93.1 Å². The van der Waals surface area contributed by atoms with Crippen molar-refractivity contribution in [2.75, 3.05) is 9.80 Å². The molecule has 0 N–H and O–H groups in total. The topological polar surface area (TPSA) is 15.7 Å². The second-order valence-corrected chi connectivity index (χ2v) is 12.9. The van der Waals surface area contributed by atoms with Crippen LogP contribution in [0.15, 0.2) is 48.5 Å². The Labute approximate surface area is 334 Å². The van der Waals surface area contributed by atoms with Crippen LogP contribution >= 0.6 is 0 Å². The largest absolute Gasteiger partial charge is 0.456 e. The summed E-state index contributed by atoms with van der Waals surface area (Å²) in [4.78, 5) is -1.08.